The highest BCUT2D eigenvalue weighted by Gasteiger charge is 2.28. The molecule has 1 aromatic heterocycles. The second-order valence-corrected chi connectivity index (χ2v) is 5.99. The number of fused-ring (bicyclic) bond motifs is 1. The van der Waals surface area contributed by atoms with Gasteiger partial charge in [-0.1, -0.05) is 18.2 Å². The van der Waals surface area contributed by atoms with E-state index < -0.39 is 0 Å². The predicted molar refractivity (Wildman–Crippen MR) is 85.0 cm³/mol. The lowest BCUT2D eigenvalue weighted by Gasteiger charge is -2.39. The summed E-state index contributed by atoms with van der Waals surface area (Å²) in [6, 6.07) is 9.70. The van der Waals surface area contributed by atoms with Gasteiger partial charge in [0, 0.05) is 24.0 Å². The standard InChI is InChI=1S/C16H20N4O/c1-16(2)10-20(7-8-21-16)14-9-12(15(17)18)11-5-3-4-6-13(11)19-14/h3-6,9H,7-8,10H2,1-2H3,(H3,17,18). The summed E-state index contributed by atoms with van der Waals surface area (Å²) in [6.45, 7) is 6.40. The molecule has 5 heteroatoms. The molecule has 0 amide bonds. The van der Waals surface area contributed by atoms with Crippen molar-refractivity contribution in [2.75, 3.05) is 24.6 Å². The number of nitrogen functional groups attached to an aromatic ring is 1. The number of para-hydroxylation sites is 1. The van der Waals surface area contributed by atoms with Crippen LogP contribution < -0.4 is 10.6 Å². The number of amidine groups is 1. The van der Waals surface area contributed by atoms with Gasteiger partial charge in [0.05, 0.1) is 17.7 Å². The molecule has 3 rings (SSSR count). The van der Waals surface area contributed by atoms with Gasteiger partial charge in [0.25, 0.3) is 0 Å². The first-order chi connectivity index (χ1) is 9.96. The first kappa shape index (κ1) is 13.8. The molecule has 0 saturated carbocycles. The summed E-state index contributed by atoms with van der Waals surface area (Å²) in [5.74, 6) is 0.928. The quantitative estimate of drug-likeness (QED) is 0.654. The number of aromatic nitrogens is 1. The number of morpholine rings is 1. The molecule has 0 atom stereocenters. The fourth-order valence-electron chi connectivity index (χ4n) is 2.76. The minimum atomic E-state index is -0.192. The lowest BCUT2D eigenvalue weighted by molar-refractivity contribution is -0.0278. The Morgan fingerprint density at radius 3 is 2.86 bits per heavy atom. The van der Waals surface area contributed by atoms with E-state index in [-0.39, 0.29) is 11.4 Å². The average Bonchev–Trinajstić information content (AvgIpc) is 2.45. The molecule has 1 saturated heterocycles. The number of nitrogens with one attached hydrogen (secondary N) is 1. The van der Waals surface area contributed by atoms with E-state index in [9.17, 15) is 0 Å². The van der Waals surface area contributed by atoms with Gasteiger partial charge in [0.1, 0.15) is 11.7 Å². The van der Waals surface area contributed by atoms with Crippen LogP contribution in [0.2, 0.25) is 0 Å². The Morgan fingerprint density at radius 2 is 2.14 bits per heavy atom. The van der Waals surface area contributed by atoms with Crippen molar-refractivity contribution in [2.45, 2.75) is 19.4 Å². The highest BCUT2D eigenvalue weighted by atomic mass is 16.5. The van der Waals surface area contributed by atoms with Crippen LogP contribution in [0.15, 0.2) is 30.3 Å². The molecule has 0 bridgehead atoms. The van der Waals surface area contributed by atoms with Crippen molar-refractivity contribution < 1.29 is 4.74 Å². The first-order valence-corrected chi connectivity index (χ1v) is 7.09. The zero-order valence-electron chi connectivity index (χ0n) is 12.4. The van der Waals surface area contributed by atoms with Gasteiger partial charge < -0.3 is 15.4 Å². The van der Waals surface area contributed by atoms with Gasteiger partial charge in [-0.25, -0.2) is 4.98 Å². The smallest absolute Gasteiger partial charge is 0.130 e. The van der Waals surface area contributed by atoms with Gasteiger partial charge >= 0.3 is 0 Å². The fourth-order valence-corrected chi connectivity index (χ4v) is 2.76. The monoisotopic (exact) mass is 284 g/mol. The van der Waals surface area contributed by atoms with E-state index in [4.69, 9.17) is 20.9 Å². The first-order valence-electron chi connectivity index (χ1n) is 7.09. The van der Waals surface area contributed by atoms with Crippen LogP contribution in [0.3, 0.4) is 0 Å². The Balaban J connectivity index is 2.09. The van der Waals surface area contributed by atoms with E-state index >= 15 is 0 Å². The highest BCUT2D eigenvalue weighted by molar-refractivity contribution is 6.07. The van der Waals surface area contributed by atoms with Crippen molar-refractivity contribution in [3.05, 3.63) is 35.9 Å². The topological polar surface area (TPSA) is 75.2 Å². The SMILES string of the molecule is CC1(C)CN(c2cc(C(=N)N)c3ccccc3n2)CCO1. The van der Waals surface area contributed by atoms with E-state index in [0.717, 1.165) is 35.4 Å². The Bertz CT molecular complexity index is 696. The molecular formula is C16H20N4O. The van der Waals surface area contributed by atoms with Crippen molar-refractivity contribution in [1.29, 1.82) is 5.41 Å². The Labute approximate surface area is 124 Å². The van der Waals surface area contributed by atoms with Gasteiger partial charge in [-0.15, -0.1) is 0 Å². The largest absolute Gasteiger partial charge is 0.384 e. The van der Waals surface area contributed by atoms with Crippen molar-refractivity contribution in [3.63, 3.8) is 0 Å². The summed E-state index contributed by atoms with van der Waals surface area (Å²) in [4.78, 5) is 6.92. The van der Waals surface area contributed by atoms with Crippen molar-refractivity contribution in [3.8, 4) is 0 Å². The van der Waals surface area contributed by atoms with Crippen LogP contribution in [0, 0.1) is 5.41 Å². The van der Waals surface area contributed by atoms with Crippen LogP contribution >= 0.6 is 0 Å². The lowest BCUT2D eigenvalue weighted by atomic mass is 10.1. The average molecular weight is 284 g/mol. The molecule has 1 aliphatic heterocycles. The van der Waals surface area contributed by atoms with Gasteiger partial charge in [0.2, 0.25) is 0 Å². The number of hydrogen-bond acceptors (Lipinski definition) is 4. The fraction of sp³-hybridized carbons (Fsp3) is 0.375. The summed E-state index contributed by atoms with van der Waals surface area (Å²) in [5, 5.41) is 8.73. The van der Waals surface area contributed by atoms with E-state index in [1.807, 2.05) is 30.3 Å². The van der Waals surface area contributed by atoms with Crippen LogP contribution in [0.25, 0.3) is 10.9 Å². The van der Waals surface area contributed by atoms with Crippen LogP contribution in [0.1, 0.15) is 19.4 Å². The Hall–Kier alpha value is -2.14. The molecule has 1 aromatic carbocycles. The minimum Gasteiger partial charge on any atom is -0.384 e. The molecule has 2 aromatic rings. The van der Waals surface area contributed by atoms with Crippen LogP contribution in [-0.4, -0.2) is 36.1 Å². The van der Waals surface area contributed by atoms with Gasteiger partial charge in [0.15, 0.2) is 0 Å². The molecule has 21 heavy (non-hydrogen) atoms. The molecule has 1 aliphatic rings. The van der Waals surface area contributed by atoms with Gasteiger partial charge in [-0.05, 0) is 26.0 Å². The highest BCUT2D eigenvalue weighted by Crippen LogP contribution is 2.26. The van der Waals surface area contributed by atoms with Crippen LogP contribution in [-0.2, 0) is 4.74 Å². The van der Waals surface area contributed by atoms with Gasteiger partial charge in [-0.3, -0.25) is 5.41 Å². The molecule has 5 nitrogen and oxygen atoms in total. The van der Waals surface area contributed by atoms with E-state index in [2.05, 4.69) is 18.7 Å². The number of pyridine rings is 1. The number of anilines is 1. The maximum atomic E-state index is 7.81. The van der Waals surface area contributed by atoms with E-state index in [1.165, 1.54) is 0 Å². The zero-order chi connectivity index (χ0) is 15.0. The van der Waals surface area contributed by atoms with Crippen LogP contribution in [0.5, 0.6) is 0 Å². The molecule has 1 fully saturated rings. The molecule has 0 radical (unpaired) electrons. The number of benzene rings is 1. The molecule has 0 aliphatic carbocycles. The molecule has 2 heterocycles. The number of nitrogens with zero attached hydrogens (tertiary/aromatic N) is 2. The summed E-state index contributed by atoms with van der Waals surface area (Å²) >= 11 is 0. The Kier molecular flexibility index (Phi) is 3.29. The number of rotatable bonds is 2. The van der Waals surface area contributed by atoms with Gasteiger partial charge in [-0.2, -0.15) is 0 Å². The zero-order valence-corrected chi connectivity index (χ0v) is 12.4. The molecule has 110 valence electrons. The summed E-state index contributed by atoms with van der Waals surface area (Å²) in [5.41, 5.74) is 7.15. The number of hydrogen-bond donors (Lipinski definition) is 2. The maximum absolute atomic E-state index is 7.81. The van der Waals surface area contributed by atoms with Crippen molar-refractivity contribution >= 4 is 22.6 Å². The normalized spacial score (nSPS) is 17.9. The summed E-state index contributed by atoms with van der Waals surface area (Å²) < 4.78 is 5.75. The number of nitrogens with two attached hydrogens (primary N) is 1. The Morgan fingerprint density at radius 1 is 1.38 bits per heavy atom. The van der Waals surface area contributed by atoms with Crippen LogP contribution in [0.4, 0.5) is 5.82 Å². The van der Waals surface area contributed by atoms with E-state index in [1.54, 1.807) is 0 Å². The number of ether oxygens (including phenoxy) is 1. The summed E-state index contributed by atoms with van der Waals surface area (Å²) in [7, 11) is 0. The molecular weight excluding hydrogens is 264 g/mol. The third-order valence-corrected chi connectivity index (χ3v) is 3.74. The third kappa shape index (κ3) is 2.69. The maximum Gasteiger partial charge on any atom is 0.130 e. The van der Waals surface area contributed by atoms with Crippen molar-refractivity contribution in [2.24, 2.45) is 5.73 Å². The second kappa shape index (κ2) is 5.00. The third-order valence-electron chi connectivity index (χ3n) is 3.74. The molecule has 3 N–H and O–H groups in total. The summed E-state index contributed by atoms with van der Waals surface area (Å²) in [6.07, 6.45) is 0. The predicted octanol–water partition coefficient (Wildman–Crippen LogP) is 2.13. The van der Waals surface area contributed by atoms with E-state index in [0.29, 0.717) is 6.61 Å². The molecule has 0 unspecified atom stereocenters. The minimum absolute atomic E-state index is 0.0716. The molecule has 0 spiro atoms. The van der Waals surface area contributed by atoms with Crippen molar-refractivity contribution in [1.82, 2.24) is 4.98 Å². The second-order valence-electron chi connectivity index (χ2n) is 5.99. The lowest BCUT2D eigenvalue weighted by Crippen LogP contribution is -2.48.